The summed E-state index contributed by atoms with van der Waals surface area (Å²) in [5.74, 6) is 0.579. The second kappa shape index (κ2) is 5.20. The normalized spacial score (nSPS) is 12.2. The van der Waals surface area contributed by atoms with Crippen molar-refractivity contribution in [3.63, 3.8) is 0 Å². The lowest BCUT2D eigenvalue weighted by Gasteiger charge is -2.12. The largest absolute Gasteiger partial charge is 0.349 e. The molecule has 0 saturated heterocycles. The number of non-ortho nitro benzene ring substituents is 1. The van der Waals surface area contributed by atoms with E-state index in [1.165, 1.54) is 12.1 Å². The molecule has 1 aromatic carbocycles. The first-order valence-corrected chi connectivity index (χ1v) is 6.44. The molecule has 0 amide bonds. The standard InChI is InChI=1S/C14H13N5O2/c1-9(10-4-6-15-7-5-10)16-14-17-12-3-2-11(19(20)21)8-13(12)18-14/h2-9H,1H3,(H2,16,17,18). The van der Waals surface area contributed by atoms with Gasteiger partial charge in [0.05, 0.1) is 22.0 Å². The van der Waals surface area contributed by atoms with Gasteiger partial charge in [-0.3, -0.25) is 15.1 Å². The topological polar surface area (TPSA) is 96.7 Å². The summed E-state index contributed by atoms with van der Waals surface area (Å²) >= 11 is 0. The molecule has 0 aliphatic carbocycles. The number of nitro groups is 1. The third-order valence-electron chi connectivity index (χ3n) is 3.24. The number of benzene rings is 1. The number of rotatable bonds is 4. The van der Waals surface area contributed by atoms with Gasteiger partial charge in [0.15, 0.2) is 0 Å². The summed E-state index contributed by atoms with van der Waals surface area (Å²) in [5.41, 5.74) is 2.44. The highest BCUT2D eigenvalue weighted by Crippen LogP contribution is 2.22. The second-order valence-electron chi connectivity index (χ2n) is 4.69. The number of nitrogens with one attached hydrogen (secondary N) is 2. The number of H-pyrrole nitrogens is 1. The van der Waals surface area contributed by atoms with Gasteiger partial charge in [-0.05, 0) is 30.7 Å². The summed E-state index contributed by atoms with van der Waals surface area (Å²) in [6, 6.07) is 8.44. The average molecular weight is 283 g/mol. The van der Waals surface area contributed by atoms with Crippen LogP contribution in [0.25, 0.3) is 11.0 Å². The molecule has 1 atom stereocenters. The summed E-state index contributed by atoms with van der Waals surface area (Å²) in [6.07, 6.45) is 3.46. The van der Waals surface area contributed by atoms with Gasteiger partial charge in [-0.25, -0.2) is 4.98 Å². The van der Waals surface area contributed by atoms with Crippen LogP contribution in [0.1, 0.15) is 18.5 Å². The first-order chi connectivity index (χ1) is 10.1. The molecule has 0 aliphatic rings. The van der Waals surface area contributed by atoms with Crippen LogP contribution >= 0.6 is 0 Å². The third kappa shape index (κ3) is 2.66. The van der Waals surface area contributed by atoms with Crippen molar-refractivity contribution in [1.29, 1.82) is 0 Å². The molecule has 21 heavy (non-hydrogen) atoms. The summed E-state index contributed by atoms with van der Waals surface area (Å²) in [6.45, 7) is 2.00. The monoisotopic (exact) mass is 283 g/mol. The van der Waals surface area contributed by atoms with E-state index in [4.69, 9.17) is 0 Å². The average Bonchev–Trinajstić information content (AvgIpc) is 2.89. The maximum absolute atomic E-state index is 10.8. The lowest BCUT2D eigenvalue weighted by molar-refractivity contribution is -0.384. The Morgan fingerprint density at radius 3 is 2.76 bits per heavy atom. The number of nitrogens with zero attached hydrogens (tertiary/aromatic N) is 3. The molecule has 1 unspecified atom stereocenters. The lowest BCUT2D eigenvalue weighted by Crippen LogP contribution is -2.07. The number of fused-ring (bicyclic) bond motifs is 1. The number of nitro benzene ring substituents is 1. The van der Waals surface area contributed by atoms with Crippen LogP contribution in [-0.2, 0) is 0 Å². The molecular formula is C14H13N5O2. The highest BCUT2D eigenvalue weighted by atomic mass is 16.6. The van der Waals surface area contributed by atoms with Gasteiger partial charge >= 0.3 is 0 Å². The van der Waals surface area contributed by atoms with Gasteiger partial charge in [0.2, 0.25) is 5.95 Å². The number of anilines is 1. The van der Waals surface area contributed by atoms with E-state index in [-0.39, 0.29) is 11.7 Å². The molecular weight excluding hydrogens is 270 g/mol. The van der Waals surface area contributed by atoms with Crippen molar-refractivity contribution in [1.82, 2.24) is 15.0 Å². The number of aromatic nitrogens is 3. The summed E-state index contributed by atoms with van der Waals surface area (Å²) in [5, 5.41) is 14.0. The van der Waals surface area contributed by atoms with Gasteiger partial charge in [-0.1, -0.05) is 0 Å². The van der Waals surface area contributed by atoms with E-state index < -0.39 is 4.92 Å². The lowest BCUT2D eigenvalue weighted by atomic mass is 10.1. The van der Waals surface area contributed by atoms with Crippen molar-refractivity contribution in [3.05, 3.63) is 58.4 Å². The van der Waals surface area contributed by atoms with E-state index in [1.54, 1.807) is 18.5 Å². The van der Waals surface area contributed by atoms with Crippen LogP contribution in [0.15, 0.2) is 42.7 Å². The van der Waals surface area contributed by atoms with Gasteiger partial charge in [0.25, 0.3) is 5.69 Å². The molecule has 3 aromatic rings. The minimum absolute atomic E-state index is 0.0416. The second-order valence-corrected chi connectivity index (χ2v) is 4.69. The fourth-order valence-corrected chi connectivity index (χ4v) is 2.12. The molecule has 0 radical (unpaired) electrons. The Morgan fingerprint density at radius 1 is 1.29 bits per heavy atom. The summed E-state index contributed by atoms with van der Waals surface area (Å²) in [4.78, 5) is 21.7. The molecule has 0 spiro atoms. The smallest absolute Gasteiger partial charge is 0.271 e. The van der Waals surface area contributed by atoms with E-state index in [0.717, 1.165) is 5.56 Å². The van der Waals surface area contributed by atoms with Crippen LogP contribution in [0.3, 0.4) is 0 Å². The minimum atomic E-state index is -0.424. The first-order valence-electron chi connectivity index (χ1n) is 6.44. The molecule has 2 N–H and O–H groups in total. The number of imidazole rings is 1. The maximum atomic E-state index is 10.8. The van der Waals surface area contributed by atoms with E-state index in [9.17, 15) is 10.1 Å². The Morgan fingerprint density at radius 2 is 2.05 bits per heavy atom. The molecule has 0 saturated carbocycles. The quantitative estimate of drug-likeness (QED) is 0.566. The predicted molar refractivity (Wildman–Crippen MR) is 79.0 cm³/mol. The predicted octanol–water partition coefficient (Wildman–Crippen LogP) is 3.04. The molecule has 0 bridgehead atoms. The van der Waals surface area contributed by atoms with E-state index in [2.05, 4.69) is 20.3 Å². The highest BCUT2D eigenvalue weighted by molar-refractivity contribution is 5.79. The van der Waals surface area contributed by atoms with Crippen molar-refractivity contribution < 1.29 is 4.92 Å². The Hall–Kier alpha value is -2.96. The molecule has 0 fully saturated rings. The van der Waals surface area contributed by atoms with Crippen LogP contribution in [0.2, 0.25) is 0 Å². The van der Waals surface area contributed by atoms with Gasteiger partial charge in [0, 0.05) is 24.5 Å². The Labute approximate surface area is 120 Å². The maximum Gasteiger partial charge on any atom is 0.271 e. The SMILES string of the molecule is CC(Nc1nc2ccc([N+](=O)[O-])cc2[nH]1)c1ccncc1. The van der Waals surface area contributed by atoms with Crippen molar-refractivity contribution in [2.24, 2.45) is 0 Å². The number of hydrogen-bond acceptors (Lipinski definition) is 5. The molecule has 0 aliphatic heterocycles. The van der Waals surface area contributed by atoms with Gasteiger partial charge in [-0.15, -0.1) is 0 Å². The summed E-state index contributed by atoms with van der Waals surface area (Å²) in [7, 11) is 0. The molecule has 2 aromatic heterocycles. The zero-order valence-electron chi connectivity index (χ0n) is 11.3. The number of hydrogen-bond donors (Lipinski definition) is 2. The van der Waals surface area contributed by atoms with Gasteiger partial charge in [-0.2, -0.15) is 0 Å². The molecule has 2 heterocycles. The van der Waals surface area contributed by atoms with E-state index in [1.807, 2.05) is 19.1 Å². The number of aromatic amines is 1. The highest BCUT2D eigenvalue weighted by Gasteiger charge is 2.11. The van der Waals surface area contributed by atoms with Crippen molar-refractivity contribution in [2.45, 2.75) is 13.0 Å². The van der Waals surface area contributed by atoms with Crippen molar-refractivity contribution in [3.8, 4) is 0 Å². The molecule has 7 heteroatoms. The summed E-state index contributed by atoms with van der Waals surface area (Å²) < 4.78 is 0. The van der Waals surface area contributed by atoms with Crippen LogP contribution in [0, 0.1) is 10.1 Å². The van der Waals surface area contributed by atoms with Gasteiger partial charge < -0.3 is 10.3 Å². The zero-order valence-corrected chi connectivity index (χ0v) is 11.3. The minimum Gasteiger partial charge on any atom is -0.349 e. The van der Waals surface area contributed by atoms with E-state index in [0.29, 0.717) is 17.0 Å². The molecule has 7 nitrogen and oxygen atoms in total. The van der Waals surface area contributed by atoms with Crippen LogP contribution in [-0.4, -0.2) is 19.9 Å². The Bertz CT molecular complexity index is 784. The fraction of sp³-hybridized carbons (Fsp3) is 0.143. The Balaban J connectivity index is 1.86. The van der Waals surface area contributed by atoms with Crippen molar-refractivity contribution >= 4 is 22.7 Å². The zero-order chi connectivity index (χ0) is 14.8. The third-order valence-corrected chi connectivity index (χ3v) is 3.24. The number of pyridine rings is 1. The van der Waals surface area contributed by atoms with Crippen LogP contribution in [0.4, 0.5) is 11.6 Å². The van der Waals surface area contributed by atoms with Crippen LogP contribution in [0.5, 0.6) is 0 Å². The van der Waals surface area contributed by atoms with Crippen molar-refractivity contribution in [2.75, 3.05) is 5.32 Å². The van der Waals surface area contributed by atoms with Crippen LogP contribution < -0.4 is 5.32 Å². The first kappa shape index (κ1) is 13.0. The molecule has 3 rings (SSSR count). The fourth-order valence-electron chi connectivity index (χ4n) is 2.12. The molecule has 106 valence electrons. The van der Waals surface area contributed by atoms with Gasteiger partial charge in [0.1, 0.15) is 0 Å². The van der Waals surface area contributed by atoms with E-state index >= 15 is 0 Å². The Kier molecular flexibility index (Phi) is 3.23.